The van der Waals surface area contributed by atoms with Crippen LogP contribution in [0.2, 0.25) is 0 Å². The monoisotopic (exact) mass is 618 g/mol. The predicted molar refractivity (Wildman–Crippen MR) is 153 cm³/mol. The molecule has 1 saturated carbocycles. The zero-order valence-corrected chi connectivity index (χ0v) is 25.8. The smallest absolute Gasteiger partial charge is 0.303 e. The van der Waals surface area contributed by atoms with Gasteiger partial charge in [-0.15, -0.1) is 10.2 Å². The van der Waals surface area contributed by atoms with Gasteiger partial charge in [0.2, 0.25) is 5.91 Å². The number of amides is 1. The van der Waals surface area contributed by atoms with Gasteiger partial charge in [-0.1, -0.05) is 36.7 Å². The van der Waals surface area contributed by atoms with Crippen LogP contribution in [0, 0.1) is 6.92 Å². The highest BCUT2D eigenvalue weighted by Gasteiger charge is 2.51. The summed E-state index contributed by atoms with van der Waals surface area (Å²) in [5.41, 5.74) is 0.178. The predicted octanol–water partition coefficient (Wildman–Crippen LogP) is 3.03. The normalized spacial score (nSPS) is 23.8. The van der Waals surface area contributed by atoms with Gasteiger partial charge >= 0.3 is 17.9 Å². The third-order valence-corrected chi connectivity index (χ3v) is 8.20. The molecule has 14 heteroatoms. The number of nitrogens with one attached hydrogen (secondary N) is 1. The van der Waals surface area contributed by atoms with E-state index in [0.29, 0.717) is 16.7 Å². The highest BCUT2D eigenvalue weighted by atomic mass is 32.2. The van der Waals surface area contributed by atoms with Crippen molar-refractivity contribution in [3.05, 3.63) is 35.7 Å². The molecule has 13 nitrogen and oxygen atoms in total. The number of nitrogens with zero attached hydrogens (tertiary/aromatic N) is 3. The summed E-state index contributed by atoms with van der Waals surface area (Å²) in [5, 5.41) is 12.2. The standard InChI is InChI=1S/C29H38N4O9S/c1-16-9-8-12-22(13-16)39-15-24-31-32-29(33(24)21-10-6-7-11-21)43-28-25(30-17(2)34)27(41-20(5)37)26(40-19(4)36)23(42-28)14-38-18(3)35/h8-9,12-13,21,23,25-28H,6-7,10-11,14-15H2,1-5H3,(H,30,34)/t23-,25+,26+,27-,28-/m0/s1. The third-order valence-electron chi connectivity index (χ3n) is 7.08. The number of benzene rings is 1. The molecule has 0 spiro atoms. The number of aromatic nitrogens is 3. The van der Waals surface area contributed by atoms with Gasteiger partial charge in [-0.05, 0) is 37.5 Å². The molecule has 234 valence electrons. The summed E-state index contributed by atoms with van der Waals surface area (Å²) < 4.78 is 30.8. The van der Waals surface area contributed by atoms with Gasteiger partial charge in [0, 0.05) is 33.7 Å². The summed E-state index contributed by atoms with van der Waals surface area (Å²) in [7, 11) is 0. The van der Waals surface area contributed by atoms with Crippen molar-refractivity contribution in [2.24, 2.45) is 0 Å². The SMILES string of the molecule is CC(=O)N[C@@H]1[C@H](OC(C)=O)[C@H](OC(C)=O)[C@H](COC(C)=O)O[C@H]1Sc1nnc(COc2cccc(C)c2)n1C1CCCC1. The van der Waals surface area contributed by atoms with E-state index in [0.717, 1.165) is 31.2 Å². The minimum absolute atomic E-state index is 0.131. The Balaban J connectivity index is 1.68. The maximum absolute atomic E-state index is 12.3. The van der Waals surface area contributed by atoms with Crippen molar-refractivity contribution in [2.45, 2.75) is 108 Å². The van der Waals surface area contributed by atoms with Gasteiger partial charge < -0.3 is 29.0 Å². The number of carbonyl (C=O) groups is 4. The average molecular weight is 619 g/mol. The van der Waals surface area contributed by atoms with Crippen LogP contribution in [0.3, 0.4) is 0 Å². The van der Waals surface area contributed by atoms with Gasteiger partial charge in [-0.3, -0.25) is 23.7 Å². The number of aryl methyl sites for hydroxylation is 1. The molecule has 2 heterocycles. The van der Waals surface area contributed by atoms with Crippen molar-refractivity contribution in [1.29, 1.82) is 0 Å². The fourth-order valence-corrected chi connectivity index (χ4v) is 6.60. The van der Waals surface area contributed by atoms with Gasteiger partial charge in [-0.25, -0.2) is 0 Å². The van der Waals surface area contributed by atoms with Gasteiger partial charge in [0.1, 0.15) is 36.5 Å². The molecule has 0 unspecified atom stereocenters. The minimum atomic E-state index is -1.17. The fourth-order valence-electron chi connectivity index (χ4n) is 5.36. The Morgan fingerprint density at radius 3 is 2.33 bits per heavy atom. The zero-order chi connectivity index (χ0) is 31.1. The quantitative estimate of drug-likeness (QED) is 0.290. The van der Waals surface area contributed by atoms with Crippen LogP contribution in [-0.4, -0.2) is 75.0 Å². The Bertz CT molecular complexity index is 1310. The number of ether oxygens (including phenoxy) is 5. The van der Waals surface area contributed by atoms with Crippen LogP contribution in [0.5, 0.6) is 5.75 Å². The highest BCUT2D eigenvalue weighted by Crippen LogP contribution is 2.39. The molecule has 43 heavy (non-hydrogen) atoms. The average Bonchev–Trinajstić information content (AvgIpc) is 3.59. The Hall–Kier alpha value is -3.65. The maximum Gasteiger partial charge on any atom is 0.303 e. The number of esters is 3. The zero-order valence-electron chi connectivity index (χ0n) is 24.9. The Morgan fingerprint density at radius 2 is 1.70 bits per heavy atom. The van der Waals surface area contributed by atoms with Crippen molar-refractivity contribution in [3.63, 3.8) is 0 Å². The lowest BCUT2D eigenvalue weighted by atomic mass is 9.97. The summed E-state index contributed by atoms with van der Waals surface area (Å²) in [6, 6.07) is 6.91. The van der Waals surface area contributed by atoms with E-state index < -0.39 is 53.6 Å². The van der Waals surface area contributed by atoms with E-state index in [2.05, 4.69) is 15.5 Å². The molecular formula is C29H38N4O9S. The van der Waals surface area contributed by atoms with Crippen molar-refractivity contribution in [2.75, 3.05) is 6.61 Å². The van der Waals surface area contributed by atoms with Crippen LogP contribution >= 0.6 is 11.8 Å². The first-order chi connectivity index (χ1) is 20.5. The molecule has 0 radical (unpaired) electrons. The van der Waals surface area contributed by atoms with E-state index in [-0.39, 0.29) is 19.3 Å². The van der Waals surface area contributed by atoms with Crippen molar-refractivity contribution in [3.8, 4) is 5.75 Å². The molecule has 2 aromatic rings. The highest BCUT2D eigenvalue weighted by molar-refractivity contribution is 7.99. The lowest BCUT2D eigenvalue weighted by Crippen LogP contribution is -2.65. The van der Waals surface area contributed by atoms with Crippen LogP contribution in [0.25, 0.3) is 0 Å². The van der Waals surface area contributed by atoms with Gasteiger partial charge in [0.15, 0.2) is 23.2 Å². The van der Waals surface area contributed by atoms with E-state index in [9.17, 15) is 19.2 Å². The number of thioether (sulfide) groups is 1. The second kappa shape index (κ2) is 14.7. The summed E-state index contributed by atoms with van der Waals surface area (Å²) in [5.74, 6) is -0.953. The van der Waals surface area contributed by atoms with Crippen molar-refractivity contribution < 1.29 is 42.9 Å². The summed E-state index contributed by atoms with van der Waals surface area (Å²) in [4.78, 5) is 48.3. The molecule has 1 aromatic heterocycles. The first kappa shape index (κ1) is 32.3. The molecule has 4 rings (SSSR count). The second-order valence-electron chi connectivity index (χ2n) is 10.7. The molecule has 0 bridgehead atoms. The number of rotatable bonds is 11. The molecule has 1 N–H and O–H groups in total. The van der Waals surface area contributed by atoms with Crippen molar-refractivity contribution in [1.82, 2.24) is 20.1 Å². The second-order valence-corrected chi connectivity index (χ2v) is 11.7. The lowest BCUT2D eigenvalue weighted by Gasteiger charge is -2.44. The van der Waals surface area contributed by atoms with E-state index >= 15 is 0 Å². The summed E-state index contributed by atoms with van der Waals surface area (Å²) in [6.45, 7) is 6.87. The molecule has 1 aromatic carbocycles. The first-order valence-corrected chi connectivity index (χ1v) is 15.1. The molecule has 1 amide bonds. The van der Waals surface area contributed by atoms with Crippen LogP contribution < -0.4 is 10.1 Å². The van der Waals surface area contributed by atoms with Crippen LogP contribution in [0.1, 0.15) is 70.8 Å². The van der Waals surface area contributed by atoms with Gasteiger partial charge in [0.25, 0.3) is 0 Å². The molecule has 1 aliphatic carbocycles. The molecule has 1 aliphatic heterocycles. The molecule has 2 fully saturated rings. The van der Waals surface area contributed by atoms with Crippen LogP contribution in [0.15, 0.2) is 29.4 Å². The minimum Gasteiger partial charge on any atom is -0.486 e. The first-order valence-electron chi connectivity index (χ1n) is 14.2. The van der Waals surface area contributed by atoms with E-state index in [4.69, 9.17) is 23.7 Å². The lowest BCUT2D eigenvalue weighted by molar-refractivity contribution is -0.211. The molecular weight excluding hydrogens is 580 g/mol. The largest absolute Gasteiger partial charge is 0.486 e. The van der Waals surface area contributed by atoms with Gasteiger partial charge in [0.05, 0.1) is 0 Å². The van der Waals surface area contributed by atoms with E-state index in [1.807, 2.05) is 35.8 Å². The Labute approximate surface area is 254 Å². The van der Waals surface area contributed by atoms with Gasteiger partial charge in [-0.2, -0.15) is 0 Å². The topological polar surface area (TPSA) is 157 Å². The number of carbonyl (C=O) groups excluding carboxylic acids is 4. The molecule has 1 saturated heterocycles. The molecule has 5 atom stereocenters. The number of hydrogen-bond donors (Lipinski definition) is 1. The Morgan fingerprint density at radius 1 is 1.00 bits per heavy atom. The van der Waals surface area contributed by atoms with Crippen molar-refractivity contribution >= 4 is 35.6 Å². The fraction of sp³-hybridized carbons (Fsp3) is 0.586. The Kier molecular flexibility index (Phi) is 11.0. The third kappa shape index (κ3) is 8.69. The molecule has 2 aliphatic rings. The summed E-state index contributed by atoms with van der Waals surface area (Å²) in [6.07, 6.45) is 0.661. The van der Waals surface area contributed by atoms with Crippen LogP contribution in [-0.2, 0) is 44.7 Å². The maximum atomic E-state index is 12.3. The van der Waals surface area contributed by atoms with E-state index in [1.165, 1.54) is 39.5 Å². The van der Waals surface area contributed by atoms with Crippen LogP contribution in [0.4, 0.5) is 0 Å². The number of hydrogen-bond acceptors (Lipinski definition) is 12. The summed E-state index contributed by atoms with van der Waals surface area (Å²) >= 11 is 1.19. The van der Waals surface area contributed by atoms with E-state index in [1.54, 1.807) is 0 Å².